The smallest absolute Gasteiger partial charge is 0.331 e. The number of nitrogens with zero attached hydrogens (tertiary/aromatic N) is 8. The van der Waals surface area contributed by atoms with E-state index in [1.165, 1.54) is 28.4 Å². The van der Waals surface area contributed by atoms with Crippen molar-refractivity contribution in [3.05, 3.63) is 110 Å². The van der Waals surface area contributed by atoms with E-state index in [-0.39, 0.29) is 31.9 Å². The Morgan fingerprint density at radius 1 is 0.521 bits per heavy atom. The van der Waals surface area contributed by atoms with Crippen molar-refractivity contribution >= 4 is 0 Å². The van der Waals surface area contributed by atoms with Crippen LogP contribution in [0.5, 0.6) is 0 Å². The average Bonchev–Trinajstić information content (AvgIpc) is 3.41. The normalized spacial score (nSPS) is 21.2. The van der Waals surface area contributed by atoms with Gasteiger partial charge in [-0.1, -0.05) is 0 Å². The van der Waals surface area contributed by atoms with Gasteiger partial charge in [-0.15, -0.1) is 0 Å². The van der Waals surface area contributed by atoms with E-state index in [9.17, 15) is 53.6 Å². The highest BCUT2D eigenvalue weighted by Gasteiger charge is 2.23. The van der Waals surface area contributed by atoms with E-state index in [0.29, 0.717) is 22.2 Å². The summed E-state index contributed by atoms with van der Waals surface area (Å²) in [5.74, 6) is -1.33. The number of fused-ring (bicyclic) bond motifs is 6. The molecule has 1 aliphatic rings. The number of aliphatic hydroxyl groups is 4. The predicted octanol–water partition coefficient (Wildman–Crippen LogP) is -4.12. The fraction of sp³-hybridized carbons (Fsp3) is 0.517. The Kier molecular flexibility index (Phi) is 9.58. The molecule has 4 N–H and O–H groups in total. The van der Waals surface area contributed by atoms with Crippen molar-refractivity contribution in [2.45, 2.75) is 97.5 Å². The minimum absolute atomic E-state index is 0.194. The minimum Gasteiger partial charge on any atom is -0.389 e. The van der Waals surface area contributed by atoms with E-state index in [2.05, 4.69) is 0 Å². The maximum atomic E-state index is 14.7. The third-order valence-corrected chi connectivity index (χ3v) is 8.37. The molecule has 0 saturated carbocycles. The lowest BCUT2D eigenvalue weighted by Crippen LogP contribution is -2.47. The van der Waals surface area contributed by atoms with Gasteiger partial charge in [0.25, 0.3) is 22.2 Å². The quantitative estimate of drug-likeness (QED) is 0.141. The number of aryl methyl sites for hydroxylation is 3. The topological polar surface area (TPSA) is 223 Å². The molecule has 1 aliphatic heterocycles. The molecule has 0 aromatic carbocycles. The monoisotopic (exact) mass is 676 g/mol. The van der Waals surface area contributed by atoms with Gasteiger partial charge in [0.2, 0.25) is 5.82 Å². The van der Waals surface area contributed by atoms with E-state index in [4.69, 9.17) is 0 Å². The molecule has 4 atom stereocenters. The van der Waals surface area contributed by atoms with Gasteiger partial charge < -0.3 is 20.4 Å². The zero-order chi connectivity index (χ0) is 35.2. The van der Waals surface area contributed by atoms with Gasteiger partial charge in [0.05, 0.1) is 83.0 Å². The number of rotatable bonds is 0. The van der Waals surface area contributed by atoms with Crippen molar-refractivity contribution in [3.8, 4) is 0 Å². The Hall–Kier alpha value is -4.85. The molecule has 5 heterocycles. The van der Waals surface area contributed by atoms with Gasteiger partial charge in [-0.25, -0.2) is 19.0 Å². The predicted molar refractivity (Wildman–Crippen MR) is 166 cm³/mol. The summed E-state index contributed by atoms with van der Waals surface area (Å²) in [5, 5.41) is 43.8. The Morgan fingerprint density at radius 2 is 0.938 bits per heavy atom. The molecule has 4 bridgehead atoms. The molecule has 0 amide bonds. The van der Waals surface area contributed by atoms with Crippen LogP contribution < -0.4 is 33.6 Å². The first-order valence-electron chi connectivity index (χ1n) is 15.1. The SMILES string of the molecule is Cc1cc(=O)n2c(=O)n1CC(O)Cn1c(=O)cc(C)n1CC(O)Cn1c(=O)c(F)cn(c1=O)CC(O)Cn1c(C)cc(=O)n1CC(O)C2. The van der Waals surface area contributed by atoms with Crippen molar-refractivity contribution in [3.63, 3.8) is 0 Å². The van der Waals surface area contributed by atoms with E-state index in [0.717, 1.165) is 29.1 Å². The lowest BCUT2D eigenvalue weighted by Gasteiger charge is -2.23. The fourth-order valence-electron chi connectivity index (χ4n) is 6.05. The van der Waals surface area contributed by atoms with Crippen LogP contribution in [0.4, 0.5) is 4.39 Å². The van der Waals surface area contributed by atoms with Gasteiger partial charge in [-0.2, -0.15) is 4.39 Å². The summed E-state index contributed by atoms with van der Waals surface area (Å²) < 4.78 is 22.6. The Balaban J connectivity index is 1.61. The maximum Gasteiger partial charge on any atom is 0.331 e. The first-order valence-corrected chi connectivity index (χ1v) is 15.1. The second-order valence-electron chi connectivity index (χ2n) is 12.1. The lowest BCUT2D eigenvalue weighted by molar-refractivity contribution is 0.0901. The van der Waals surface area contributed by atoms with E-state index < -0.39 is 90.0 Å². The number of hydrogen-bond donors (Lipinski definition) is 4. The third kappa shape index (κ3) is 6.75. The van der Waals surface area contributed by atoms with Crippen LogP contribution in [-0.2, 0) is 52.4 Å². The number of aromatic nitrogens is 8. The van der Waals surface area contributed by atoms with Crippen LogP contribution in [0.1, 0.15) is 17.1 Å². The van der Waals surface area contributed by atoms with Gasteiger partial charge in [-0.05, 0) is 20.8 Å². The summed E-state index contributed by atoms with van der Waals surface area (Å²) in [6.45, 7) is 0.945. The molecule has 5 rings (SSSR count). The molecule has 0 aliphatic carbocycles. The molecular weight excluding hydrogens is 639 g/mol. The molecule has 0 spiro atoms. The highest BCUT2D eigenvalue weighted by molar-refractivity contribution is 5.03. The van der Waals surface area contributed by atoms with Gasteiger partial charge in [-0.3, -0.25) is 46.8 Å². The highest BCUT2D eigenvalue weighted by atomic mass is 19.1. The highest BCUT2D eigenvalue weighted by Crippen LogP contribution is 2.07. The molecule has 0 saturated heterocycles. The molecule has 4 unspecified atom stereocenters. The minimum atomic E-state index is -1.51. The van der Waals surface area contributed by atoms with Crippen LogP contribution in [0.3, 0.4) is 0 Å². The summed E-state index contributed by atoms with van der Waals surface area (Å²) in [5.41, 5.74) is -4.19. The maximum absolute atomic E-state index is 14.7. The molecular formula is C29H37FN8O10. The average molecular weight is 677 g/mol. The standard InChI is InChI=1S/C29H37FN8O10/c1-16-4-24(43)33-9-21(41)14-38-26(45)5-17(2)35(38)11-19(39)7-31-15-23(30)27(46)34(28(31)47)10-22(42)12-36-18(3)6-25(44)37(36)13-20(40)8-32(16)29(33)48/h4-6,15,19-22,39-42H,7-14H2,1-3H3. The van der Waals surface area contributed by atoms with Gasteiger partial charge in [0.15, 0.2) is 0 Å². The van der Waals surface area contributed by atoms with Crippen LogP contribution >= 0.6 is 0 Å². The summed E-state index contributed by atoms with van der Waals surface area (Å²) in [7, 11) is 0. The van der Waals surface area contributed by atoms with Crippen molar-refractivity contribution in [2.24, 2.45) is 0 Å². The van der Waals surface area contributed by atoms with Crippen LogP contribution in [0.2, 0.25) is 0 Å². The van der Waals surface area contributed by atoms with Crippen LogP contribution in [0.25, 0.3) is 0 Å². The van der Waals surface area contributed by atoms with E-state index in [1.54, 1.807) is 13.8 Å². The molecule has 19 heteroatoms. The Bertz CT molecular complexity index is 2210. The van der Waals surface area contributed by atoms with Gasteiger partial charge in [0.1, 0.15) is 0 Å². The lowest BCUT2D eigenvalue weighted by atomic mass is 10.3. The van der Waals surface area contributed by atoms with Crippen LogP contribution in [0.15, 0.2) is 53.2 Å². The first-order chi connectivity index (χ1) is 22.5. The molecule has 48 heavy (non-hydrogen) atoms. The summed E-state index contributed by atoms with van der Waals surface area (Å²) in [6.07, 6.45) is -5.17. The van der Waals surface area contributed by atoms with Crippen molar-refractivity contribution < 1.29 is 24.8 Å². The largest absolute Gasteiger partial charge is 0.389 e. The number of halogens is 1. The number of aliphatic hydroxyl groups excluding tert-OH is 4. The summed E-state index contributed by atoms with van der Waals surface area (Å²) in [4.78, 5) is 77.8. The van der Waals surface area contributed by atoms with Crippen LogP contribution in [-0.4, -0.2) is 81.8 Å². The molecule has 0 radical (unpaired) electrons. The first kappa shape index (κ1) is 34.5. The van der Waals surface area contributed by atoms with Crippen molar-refractivity contribution in [1.82, 2.24) is 37.0 Å². The van der Waals surface area contributed by atoms with E-state index in [1.807, 2.05) is 0 Å². The second kappa shape index (κ2) is 13.3. The summed E-state index contributed by atoms with van der Waals surface area (Å²) >= 11 is 0. The third-order valence-electron chi connectivity index (χ3n) is 8.37. The number of hydrogen-bond acceptors (Lipinski definition) is 10. The fourth-order valence-corrected chi connectivity index (χ4v) is 6.05. The second-order valence-corrected chi connectivity index (χ2v) is 12.1. The van der Waals surface area contributed by atoms with Crippen molar-refractivity contribution in [1.29, 1.82) is 0 Å². The summed E-state index contributed by atoms with van der Waals surface area (Å²) in [6, 6.07) is 3.60. The zero-order valence-corrected chi connectivity index (χ0v) is 26.5. The van der Waals surface area contributed by atoms with Gasteiger partial charge >= 0.3 is 11.4 Å². The van der Waals surface area contributed by atoms with Crippen LogP contribution in [0, 0.1) is 26.6 Å². The Labute approximate surface area is 269 Å². The zero-order valence-electron chi connectivity index (χ0n) is 26.5. The Morgan fingerprint density at radius 3 is 1.46 bits per heavy atom. The molecule has 18 nitrogen and oxygen atoms in total. The van der Waals surface area contributed by atoms with Gasteiger partial charge in [0, 0.05) is 35.3 Å². The molecule has 4 aromatic rings. The van der Waals surface area contributed by atoms with Crippen molar-refractivity contribution in [2.75, 3.05) is 0 Å². The molecule has 0 fully saturated rings. The molecule has 260 valence electrons. The molecule has 4 aromatic heterocycles. The van der Waals surface area contributed by atoms with E-state index >= 15 is 0 Å².